The monoisotopic (exact) mass is 336 g/mol. The molecule has 1 unspecified atom stereocenters. The molecular formula is C18H29FN4O. The normalized spacial score (nSPS) is 17.5. The third-order valence-electron chi connectivity index (χ3n) is 3.94. The largest absolute Gasteiger partial charge is 0.379 e. The van der Waals surface area contributed by atoms with Gasteiger partial charge in [0.15, 0.2) is 5.96 Å². The molecule has 0 spiro atoms. The second-order valence-electron chi connectivity index (χ2n) is 6.22. The molecule has 0 aliphatic carbocycles. The lowest BCUT2D eigenvalue weighted by Gasteiger charge is -2.29. The van der Waals surface area contributed by atoms with Gasteiger partial charge in [0, 0.05) is 32.7 Å². The van der Waals surface area contributed by atoms with Crippen LogP contribution in [-0.2, 0) is 11.3 Å². The molecule has 1 heterocycles. The van der Waals surface area contributed by atoms with Crippen LogP contribution in [0.1, 0.15) is 19.4 Å². The van der Waals surface area contributed by atoms with Crippen molar-refractivity contribution in [3.05, 3.63) is 35.6 Å². The van der Waals surface area contributed by atoms with Crippen LogP contribution in [0.2, 0.25) is 0 Å². The number of morpholine rings is 1. The van der Waals surface area contributed by atoms with Crippen LogP contribution in [0.3, 0.4) is 0 Å². The van der Waals surface area contributed by atoms with Crippen molar-refractivity contribution in [3.8, 4) is 0 Å². The summed E-state index contributed by atoms with van der Waals surface area (Å²) in [5.41, 5.74) is 0.869. The molecule has 0 aromatic heterocycles. The van der Waals surface area contributed by atoms with Crippen molar-refractivity contribution >= 4 is 5.96 Å². The predicted molar refractivity (Wildman–Crippen MR) is 95.6 cm³/mol. The summed E-state index contributed by atoms with van der Waals surface area (Å²) in [7, 11) is 0. The molecular weight excluding hydrogens is 307 g/mol. The quantitative estimate of drug-likeness (QED) is 0.589. The van der Waals surface area contributed by atoms with Crippen LogP contribution < -0.4 is 10.6 Å². The molecule has 1 fully saturated rings. The number of guanidine groups is 1. The van der Waals surface area contributed by atoms with E-state index in [0.717, 1.165) is 57.5 Å². The van der Waals surface area contributed by atoms with Gasteiger partial charge in [-0.1, -0.05) is 19.1 Å². The van der Waals surface area contributed by atoms with E-state index in [1.54, 1.807) is 6.07 Å². The van der Waals surface area contributed by atoms with Gasteiger partial charge in [0.25, 0.3) is 0 Å². The molecule has 1 aromatic carbocycles. The van der Waals surface area contributed by atoms with Crippen molar-refractivity contribution in [1.29, 1.82) is 0 Å². The average molecular weight is 336 g/mol. The number of nitrogens with one attached hydrogen (secondary N) is 2. The van der Waals surface area contributed by atoms with Crippen molar-refractivity contribution in [1.82, 2.24) is 15.5 Å². The third kappa shape index (κ3) is 6.84. The molecule has 0 radical (unpaired) electrons. The van der Waals surface area contributed by atoms with E-state index in [4.69, 9.17) is 4.74 Å². The van der Waals surface area contributed by atoms with E-state index in [-0.39, 0.29) is 5.82 Å². The fraction of sp³-hybridized carbons (Fsp3) is 0.611. The lowest BCUT2D eigenvalue weighted by molar-refractivity contribution is 0.0320. The number of nitrogens with zero attached hydrogens (tertiary/aromatic N) is 2. The van der Waals surface area contributed by atoms with Crippen molar-refractivity contribution < 1.29 is 9.13 Å². The zero-order valence-electron chi connectivity index (χ0n) is 14.7. The number of ether oxygens (including phenoxy) is 1. The number of benzene rings is 1. The van der Waals surface area contributed by atoms with Gasteiger partial charge in [0.05, 0.1) is 19.8 Å². The topological polar surface area (TPSA) is 48.9 Å². The minimum atomic E-state index is -0.222. The van der Waals surface area contributed by atoms with Crippen LogP contribution in [0.4, 0.5) is 4.39 Å². The maximum Gasteiger partial charge on any atom is 0.191 e. The van der Waals surface area contributed by atoms with Gasteiger partial charge in [-0.25, -0.2) is 9.38 Å². The smallest absolute Gasteiger partial charge is 0.191 e. The summed E-state index contributed by atoms with van der Waals surface area (Å²) in [6, 6.07) is 6.57. The zero-order valence-corrected chi connectivity index (χ0v) is 14.7. The Labute approximate surface area is 144 Å². The first-order chi connectivity index (χ1) is 11.7. The van der Waals surface area contributed by atoms with Crippen molar-refractivity contribution in [2.45, 2.75) is 20.4 Å². The maximum absolute atomic E-state index is 13.2. The molecule has 24 heavy (non-hydrogen) atoms. The maximum atomic E-state index is 13.2. The minimum Gasteiger partial charge on any atom is -0.379 e. The number of rotatable bonds is 7. The van der Waals surface area contributed by atoms with Gasteiger partial charge in [-0.15, -0.1) is 0 Å². The average Bonchev–Trinajstić information content (AvgIpc) is 2.58. The highest BCUT2D eigenvalue weighted by Gasteiger charge is 2.13. The molecule has 0 amide bonds. The molecule has 1 aliphatic heterocycles. The van der Waals surface area contributed by atoms with Crippen LogP contribution >= 0.6 is 0 Å². The summed E-state index contributed by atoms with van der Waals surface area (Å²) >= 11 is 0. The molecule has 5 nitrogen and oxygen atoms in total. The van der Waals surface area contributed by atoms with Crippen LogP contribution in [-0.4, -0.2) is 56.8 Å². The van der Waals surface area contributed by atoms with E-state index in [1.165, 1.54) is 12.1 Å². The van der Waals surface area contributed by atoms with Gasteiger partial charge in [0.2, 0.25) is 0 Å². The second kappa shape index (κ2) is 10.3. The highest BCUT2D eigenvalue weighted by molar-refractivity contribution is 5.79. The van der Waals surface area contributed by atoms with Crippen LogP contribution in [0, 0.1) is 11.7 Å². The van der Waals surface area contributed by atoms with Crippen molar-refractivity contribution in [2.75, 3.05) is 45.9 Å². The van der Waals surface area contributed by atoms with Gasteiger partial charge in [-0.2, -0.15) is 0 Å². The first-order valence-corrected chi connectivity index (χ1v) is 8.74. The van der Waals surface area contributed by atoms with Crippen LogP contribution in [0.25, 0.3) is 0 Å². The first-order valence-electron chi connectivity index (χ1n) is 8.74. The number of hydrogen-bond donors (Lipinski definition) is 2. The van der Waals surface area contributed by atoms with E-state index in [9.17, 15) is 4.39 Å². The fourth-order valence-corrected chi connectivity index (χ4v) is 2.71. The van der Waals surface area contributed by atoms with Crippen molar-refractivity contribution in [3.63, 3.8) is 0 Å². The van der Waals surface area contributed by atoms with Gasteiger partial charge in [0.1, 0.15) is 5.82 Å². The van der Waals surface area contributed by atoms with Crippen molar-refractivity contribution in [2.24, 2.45) is 10.9 Å². The molecule has 1 aliphatic rings. The molecule has 2 rings (SSSR count). The van der Waals surface area contributed by atoms with Gasteiger partial charge in [-0.3, -0.25) is 4.90 Å². The Morgan fingerprint density at radius 3 is 2.83 bits per heavy atom. The van der Waals surface area contributed by atoms with Crippen LogP contribution in [0.15, 0.2) is 29.3 Å². The lowest BCUT2D eigenvalue weighted by atomic mass is 10.1. The Balaban J connectivity index is 1.80. The SMILES string of the molecule is CCNC(=NCc1cccc(F)c1)NCC(C)CN1CCOCC1. The van der Waals surface area contributed by atoms with E-state index >= 15 is 0 Å². The lowest BCUT2D eigenvalue weighted by Crippen LogP contribution is -2.44. The Kier molecular flexibility index (Phi) is 7.98. The summed E-state index contributed by atoms with van der Waals surface area (Å²) in [4.78, 5) is 6.97. The van der Waals surface area contributed by atoms with E-state index in [0.29, 0.717) is 12.5 Å². The minimum absolute atomic E-state index is 0.222. The summed E-state index contributed by atoms with van der Waals surface area (Å²) in [5.74, 6) is 1.07. The molecule has 6 heteroatoms. The molecule has 1 saturated heterocycles. The number of hydrogen-bond acceptors (Lipinski definition) is 3. The van der Waals surface area contributed by atoms with E-state index in [1.807, 2.05) is 13.0 Å². The fourth-order valence-electron chi connectivity index (χ4n) is 2.71. The van der Waals surface area contributed by atoms with E-state index < -0.39 is 0 Å². The van der Waals surface area contributed by atoms with Gasteiger partial charge >= 0.3 is 0 Å². The molecule has 1 atom stereocenters. The first kappa shape index (κ1) is 18.7. The number of aliphatic imine (C=N–C) groups is 1. The number of halogens is 1. The summed E-state index contributed by atoms with van der Waals surface area (Å²) < 4.78 is 18.6. The Hall–Kier alpha value is -1.66. The Morgan fingerprint density at radius 1 is 1.33 bits per heavy atom. The third-order valence-corrected chi connectivity index (χ3v) is 3.94. The zero-order chi connectivity index (χ0) is 17.2. The highest BCUT2D eigenvalue weighted by atomic mass is 19.1. The predicted octanol–water partition coefficient (Wildman–Crippen LogP) is 1.85. The summed E-state index contributed by atoms with van der Waals surface area (Å²) in [6.45, 7) is 11.1. The molecule has 134 valence electrons. The summed E-state index contributed by atoms with van der Waals surface area (Å²) in [6.07, 6.45) is 0. The second-order valence-corrected chi connectivity index (χ2v) is 6.22. The van der Waals surface area contributed by atoms with E-state index in [2.05, 4.69) is 27.4 Å². The molecule has 2 N–H and O–H groups in total. The summed E-state index contributed by atoms with van der Waals surface area (Å²) in [5, 5.41) is 6.62. The molecule has 0 bridgehead atoms. The molecule has 0 saturated carbocycles. The Bertz CT molecular complexity index is 517. The highest BCUT2D eigenvalue weighted by Crippen LogP contribution is 2.05. The van der Waals surface area contributed by atoms with Crippen LogP contribution in [0.5, 0.6) is 0 Å². The van der Waals surface area contributed by atoms with Gasteiger partial charge in [-0.05, 0) is 30.5 Å². The Morgan fingerprint density at radius 2 is 2.12 bits per heavy atom. The van der Waals surface area contributed by atoms with Gasteiger partial charge < -0.3 is 15.4 Å². The molecule has 1 aromatic rings. The standard InChI is InChI=1S/C18H29FN4O/c1-3-20-18(22-13-16-5-4-6-17(19)11-16)21-12-15(2)14-23-7-9-24-10-8-23/h4-6,11,15H,3,7-10,12-14H2,1-2H3,(H2,20,21,22).